The molecule has 1 atom stereocenters. The highest BCUT2D eigenvalue weighted by molar-refractivity contribution is 5.85. The van der Waals surface area contributed by atoms with E-state index in [2.05, 4.69) is 5.32 Å². The molecule has 1 heterocycles. The molecule has 1 saturated heterocycles. The van der Waals surface area contributed by atoms with Crippen LogP contribution in [0.15, 0.2) is 30.3 Å². The minimum atomic E-state index is -0.638. The number of carbonyl (C=O) groups is 2. The first-order chi connectivity index (χ1) is 10.7. The molecule has 5 nitrogen and oxygen atoms in total. The maximum atomic E-state index is 12.0. The Hall–Kier alpha value is -1.59. The molecule has 1 unspecified atom stereocenters. The molecular formula is C17H26ClN3O2. The zero-order valence-corrected chi connectivity index (χ0v) is 14.2. The van der Waals surface area contributed by atoms with Crippen LogP contribution >= 0.6 is 12.4 Å². The molecule has 3 N–H and O–H groups in total. The van der Waals surface area contributed by atoms with Crippen molar-refractivity contribution in [2.75, 3.05) is 19.6 Å². The number of hydrogen-bond acceptors (Lipinski definition) is 3. The molecule has 128 valence electrons. The van der Waals surface area contributed by atoms with Crippen molar-refractivity contribution in [1.82, 2.24) is 10.2 Å². The zero-order valence-electron chi connectivity index (χ0n) is 13.4. The lowest BCUT2D eigenvalue weighted by atomic mass is 10.1. The summed E-state index contributed by atoms with van der Waals surface area (Å²) in [5, 5.41) is 2.85. The molecule has 23 heavy (non-hydrogen) atoms. The van der Waals surface area contributed by atoms with Gasteiger partial charge < -0.3 is 16.0 Å². The van der Waals surface area contributed by atoms with E-state index in [4.69, 9.17) is 5.73 Å². The normalized spacial score (nSPS) is 16.2. The highest BCUT2D eigenvalue weighted by atomic mass is 35.5. The van der Waals surface area contributed by atoms with E-state index in [-0.39, 0.29) is 24.2 Å². The molecule has 0 aromatic heterocycles. The quantitative estimate of drug-likeness (QED) is 0.778. The van der Waals surface area contributed by atoms with Crippen LogP contribution in [0, 0.1) is 0 Å². The van der Waals surface area contributed by atoms with Crippen molar-refractivity contribution in [1.29, 1.82) is 0 Å². The molecule has 1 aliphatic heterocycles. The van der Waals surface area contributed by atoms with E-state index in [1.807, 2.05) is 35.2 Å². The van der Waals surface area contributed by atoms with Gasteiger partial charge in [0.2, 0.25) is 11.8 Å². The number of nitrogens with zero attached hydrogens (tertiary/aromatic N) is 1. The fraction of sp³-hybridized carbons (Fsp3) is 0.529. The fourth-order valence-corrected chi connectivity index (χ4v) is 2.68. The van der Waals surface area contributed by atoms with Crippen LogP contribution in [-0.4, -0.2) is 36.3 Å². The van der Waals surface area contributed by atoms with Crippen molar-refractivity contribution >= 4 is 24.2 Å². The molecule has 6 heteroatoms. The highest BCUT2D eigenvalue weighted by Crippen LogP contribution is 2.11. The van der Waals surface area contributed by atoms with Gasteiger partial charge in [-0.25, -0.2) is 0 Å². The molecule has 1 aliphatic rings. The third-order valence-corrected chi connectivity index (χ3v) is 4.02. The molecule has 0 bridgehead atoms. The van der Waals surface area contributed by atoms with Crippen molar-refractivity contribution in [2.45, 2.75) is 38.1 Å². The van der Waals surface area contributed by atoms with Gasteiger partial charge in [0.1, 0.15) is 6.04 Å². The summed E-state index contributed by atoms with van der Waals surface area (Å²) < 4.78 is 0. The van der Waals surface area contributed by atoms with Crippen LogP contribution in [0.25, 0.3) is 0 Å². The Morgan fingerprint density at radius 2 is 1.96 bits per heavy atom. The van der Waals surface area contributed by atoms with Gasteiger partial charge in [0.05, 0.1) is 0 Å². The third kappa shape index (κ3) is 6.20. The minimum absolute atomic E-state index is 0. The summed E-state index contributed by atoms with van der Waals surface area (Å²) in [5.74, 6) is 0.0678. The van der Waals surface area contributed by atoms with Crippen molar-refractivity contribution in [3.8, 4) is 0 Å². The maximum Gasteiger partial charge on any atom is 0.241 e. The Labute approximate surface area is 144 Å². The first-order valence-corrected chi connectivity index (χ1v) is 8.04. The second kappa shape index (κ2) is 10.2. The van der Waals surface area contributed by atoms with Gasteiger partial charge in [0.25, 0.3) is 0 Å². The Morgan fingerprint density at radius 3 is 2.70 bits per heavy atom. The van der Waals surface area contributed by atoms with Crippen LogP contribution in [0.3, 0.4) is 0 Å². The Morgan fingerprint density at radius 1 is 1.22 bits per heavy atom. The van der Waals surface area contributed by atoms with Gasteiger partial charge in [-0.15, -0.1) is 12.4 Å². The van der Waals surface area contributed by atoms with Gasteiger partial charge >= 0.3 is 0 Å². The molecular weight excluding hydrogens is 314 g/mol. The van der Waals surface area contributed by atoms with Crippen LogP contribution in [-0.2, 0) is 9.59 Å². The number of hydrogen-bond donors (Lipinski definition) is 2. The summed E-state index contributed by atoms with van der Waals surface area (Å²) in [4.78, 5) is 25.8. The third-order valence-electron chi connectivity index (χ3n) is 4.02. The number of rotatable bonds is 6. The SMILES string of the molecule is Cl.NC(C(=O)NCCCN1CCCCCC1=O)c1ccccc1. The summed E-state index contributed by atoms with van der Waals surface area (Å²) in [6.07, 6.45) is 4.63. The highest BCUT2D eigenvalue weighted by Gasteiger charge is 2.17. The van der Waals surface area contributed by atoms with E-state index >= 15 is 0 Å². The average Bonchev–Trinajstić information content (AvgIpc) is 2.76. The maximum absolute atomic E-state index is 12.0. The first kappa shape index (κ1) is 19.5. The van der Waals surface area contributed by atoms with Crippen molar-refractivity contribution in [3.05, 3.63) is 35.9 Å². The average molecular weight is 340 g/mol. The standard InChI is InChI=1S/C17H25N3O2.ClH/c18-16(14-8-3-1-4-9-14)17(22)19-11-7-13-20-12-6-2-5-10-15(20)21;/h1,3-4,8-9,16H,2,5-7,10-13,18H2,(H,19,22);1H. The number of carbonyl (C=O) groups excluding carboxylic acids is 2. The summed E-state index contributed by atoms with van der Waals surface area (Å²) in [6.45, 7) is 2.10. The number of halogens is 1. The summed E-state index contributed by atoms with van der Waals surface area (Å²) in [5.41, 5.74) is 6.74. The largest absolute Gasteiger partial charge is 0.354 e. The predicted molar refractivity (Wildman–Crippen MR) is 93.3 cm³/mol. The topological polar surface area (TPSA) is 75.4 Å². The molecule has 0 radical (unpaired) electrons. The lowest BCUT2D eigenvalue weighted by Gasteiger charge is -2.20. The first-order valence-electron chi connectivity index (χ1n) is 8.04. The minimum Gasteiger partial charge on any atom is -0.354 e. The second-order valence-electron chi connectivity index (χ2n) is 5.72. The number of amides is 2. The van der Waals surface area contributed by atoms with Crippen molar-refractivity contribution < 1.29 is 9.59 Å². The number of nitrogens with one attached hydrogen (secondary N) is 1. The van der Waals surface area contributed by atoms with Gasteiger partial charge in [-0.3, -0.25) is 9.59 Å². The molecule has 0 saturated carbocycles. The zero-order chi connectivity index (χ0) is 15.8. The van der Waals surface area contributed by atoms with Crippen LogP contribution in [0.4, 0.5) is 0 Å². The van der Waals surface area contributed by atoms with E-state index in [1.54, 1.807) is 0 Å². The van der Waals surface area contributed by atoms with Gasteiger partial charge in [-0.2, -0.15) is 0 Å². The van der Waals surface area contributed by atoms with E-state index < -0.39 is 6.04 Å². The van der Waals surface area contributed by atoms with Gasteiger partial charge in [0, 0.05) is 26.1 Å². The Kier molecular flexibility index (Phi) is 8.66. The van der Waals surface area contributed by atoms with Gasteiger partial charge in [-0.05, 0) is 24.8 Å². The van der Waals surface area contributed by atoms with Gasteiger partial charge in [-0.1, -0.05) is 36.8 Å². The predicted octanol–water partition coefficient (Wildman–Crippen LogP) is 2.02. The molecule has 1 aromatic rings. The fourth-order valence-electron chi connectivity index (χ4n) is 2.68. The number of likely N-dealkylation sites (tertiary alicyclic amines) is 1. The van der Waals surface area contributed by atoms with Crippen LogP contribution in [0.1, 0.15) is 43.7 Å². The van der Waals surface area contributed by atoms with E-state index in [0.29, 0.717) is 19.5 Å². The monoisotopic (exact) mass is 339 g/mol. The molecule has 0 aliphatic carbocycles. The summed E-state index contributed by atoms with van der Waals surface area (Å²) >= 11 is 0. The summed E-state index contributed by atoms with van der Waals surface area (Å²) in [7, 11) is 0. The molecule has 1 aromatic carbocycles. The lowest BCUT2D eigenvalue weighted by molar-refractivity contribution is -0.130. The van der Waals surface area contributed by atoms with E-state index in [0.717, 1.165) is 37.8 Å². The van der Waals surface area contributed by atoms with E-state index in [9.17, 15) is 9.59 Å². The smallest absolute Gasteiger partial charge is 0.241 e. The van der Waals surface area contributed by atoms with Crippen LogP contribution < -0.4 is 11.1 Å². The summed E-state index contributed by atoms with van der Waals surface area (Å²) in [6, 6.07) is 8.69. The number of benzene rings is 1. The number of nitrogens with two attached hydrogens (primary N) is 1. The molecule has 0 spiro atoms. The van der Waals surface area contributed by atoms with E-state index in [1.165, 1.54) is 0 Å². The second-order valence-corrected chi connectivity index (χ2v) is 5.72. The van der Waals surface area contributed by atoms with Gasteiger partial charge in [0.15, 0.2) is 0 Å². The Balaban J connectivity index is 0.00000264. The van der Waals surface area contributed by atoms with Crippen molar-refractivity contribution in [3.63, 3.8) is 0 Å². The molecule has 2 rings (SSSR count). The van der Waals surface area contributed by atoms with Crippen LogP contribution in [0.2, 0.25) is 0 Å². The lowest BCUT2D eigenvalue weighted by Crippen LogP contribution is -2.37. The Bertz CT molecular complexity index is 496. The molecule has 2 amide bonds. The molecule has 1 fully saturated rings. The van der Waals surface area contributed by atoms with Crippen LogP contribution in [0.5, 0.6) is 0 Å². The van der Waals surface area contributed by atoms with Crippen molar-refractivity contribution in [2.24, 2.45) is 5.73 Å².